The van der Waals surface area contributed by atoms with Crippen LogP contribution in [0.2, 0.25) is 0 Å². The van der Waals surface area contributed by atoms with Crippen LogP contribution < -0.4 is 15.8 Å². The van der Waals surface area contributed by atoms with Gasteiger partial charge in [0.2, 0.25) is 5.91 Å². The van der Waals surface area contributed by atoms with Crippen LogP contribution in [0.15, 0.2) is 90.0 Å². The molecule has 32 heavy (non-hydrogen) atoms. The van der Waals surface area contributed by atoms with Gasteiger partial charge in [-0.05, 0) is 60.2 Å². The Bertz CT molecular complexity index is 1440. The van der Waals surface area contributed by atoms with Crippen LogP contribution in [0.1, 0.15) is 5.56 Å². The van der Waals surface area contributed by atoms with Gasteiger partial charge in [-0.15, -0.1) is 0 Å². The maximum Gasteiger partial charge on any atom is 0.268 e. The van der Waals surface area contributed by atoms with Gasteiger partial charge in [0.05, 0.1) is 28.9 Å². The van der Waals surface area contributed by atoms with Gasteiger partial charge in [-0.25, -0.2) is 12.4 Å². The molecule has 8 heteroatoms. The first-order valence-electron chi connectivity index (χ1n) is 9.73. The van der Waals surface area contributed by atoms with Crippen LogP contribution in [0.5, 0.6) is 5.75 Å². The number of hydrogen-bond donors (Lipinski definition) is 2. The van der Waals surface area contributed by atoms with Crippen molar-refractivity contribution in [2.75, 3.05) is 18.2 Å². The summed E-state index contributed by atoms with van der Waals surface area (Å²) in [4.78, 5) is 12.3. The fourth-order valence-electron chi connectivity index (χ4n) is 3.28. The Morgan fingerprint density at radius 1 is 1.03 bits per heavy atom. The molecule has 1 amide bonds. The Morgan fingerprint density at radius 2 is 1.84 bits per heavy atom. The number of ether oxygens (including phenoxy) is 1. The number of carbonyl (C=O) groups excluding carboxylic acids is 1. The van der Waals surface area contributed by atoms with Crippen molar-refractivity contribution in [3.63, 3.8) is 0 Å². The van der Waals surface area contributed by atoms with Gasteiger partial charge in [-0.2, -0.15) is 0 Å². The smallest absolute Gasteiger partial charge is 0.268 e. The number of nitrogen functional groups attached to an aromatic ring is 1. The Hall–Kier alpha value is -4.04. The maximum atomic E-state index is 13.2. The highest BCUT2D eigenvalue weighted by Crippen LogP contribution is 2.26. The van der Waals surface area contributed by atoms with E-state index < -0.39 is 10.0 Å². The molecule has 7 nitrogen and oxygen atoms in total. The Kier molecular flexibility index (Phi) is 5.70. The van der Waals surface area contributed by atoms with E-state index in [1.54, 1.807) is 73.8 Å². The molecule has 0 fully saturated rings. The molecule has 0 spiro atoms. The van der Waals surface area contributed by atoms with Crippen molar-refractivity contribution in [3.05, 3.63) is 90.6 Å². The SMILES string of the molecule is COc1ccc2c(ccn2S(=O)(=O)c2cccc(/C=C/C(=O)Nc3ccccc3N)c2)c1. The van der Waals surface area contributed by atoms with Crippen molar-refractivity contribution in [3.8, 4) is 5.75 Å². The maximum absolute atomic E-state index is 13.2. The zero-order chi connectivity index (χ0) is 22.7. The largest absolute Gasteiger partial charge is 0.497 e. The molecule has 4 aromatic rings. The predicted molar refractivity (Wildman–Crippen MR) is 126 cm³/mol. The molecule has 0 atom stereocenters. The summed E-state index contributed by atoms with van der Waals surface area (Å²) < 4.78 is 32.9. The normalized spacial score (nSPS) is 11.7. The summed E-state index contributed by atoms with van der Waals surface area (Å²) in [5.74, 6) is 0.275. The van der Waals surface area contributed by atoms with Gasteiger partial charge in [0.15, 0.2) is 0 Å². The van der Waals surface area contributed by atoms with Crippen LogP contribution in [0, 0.1) is 0 Å². The zero-order valence-electron chi connectivity index (χ0n) is 17.2. The third-order valence-electron chi connectivity index (χ3n) is 4.92. The minimum atomic E-state index is -3.83. The molecule has 3 N–H and O–H groups in total. The van der Waals surface area contributed by atoms with Gasteiger partial charge in [-0.1, -0.05) is 24.3 Å². The Balaban J connectivity index is 1.59. The highest BCUT2D eigenvalue weighted by molar-refractivity contribution is 7.90. The summed E-state index contributed by atoms with van der Waals surface area (Å²) >= 11 is 0. The van der Waals surface area contributed by atoms with E-state index >= 15 is 0 Å². The van der Waals surface area contributed by atoms with Crippen molar-refractivity contribution in [1.29, 1.82) is 0 Å². The fraction of sp³-hybridized carbons (Fsp3) is 0.0417. The molecule has 0 saturated carbocycles. The number of benzene rings is 3. The number of nitrogens with one attached hydrogen (secondary N) is 1. The number of nitrogens with zero attached hydrogens (tertiary/aromatic N) is 1. The monoisotopic (exact) mass is 447 g/mol. The van der Waals surface area contributed by atoms with Gasteiger partial charge in [0.1, 0.15) is 5.75 Å². The summed E-state index contributed by atoms with van der Waals surface area (Å²) in [5.41, 5.74) is 7.91. The Labute approximate surface area is 185 Å². The van der Waals surface area contributed by atoms with Crippen molar-refractivity contribution >= 4 is 44.3 Å². The number of amides is 1. The van der Waals surface area contributed by atoms with Crippen molar-refractivity contribution in [2.24, 2.45) is 0 Å². The standard InChI is InChI=1S/C24H21N3O4S/c1-31-19-10-11-23-18(16-19)13-14-27(23)32(29,30)20-6-4-5-17(15-20)9-12-24(28)26-22-8-3-2-7-21(22)25/h2-16H,25H2,1H3,(H,26,28)/b12-9+. The number of fused-ring (bicyclic) bond motifs is 1. The lowest BCUT2D eigenvalue weighted by molar-refractivity contribution is -0.111. The van der Waals surface area contributed by atoms with Gasteiger partial charge >= 0.3 is 0 Å². The molecular weight excluding hydrogens is 426 g/mol. The Morgan fingerprint density at radius 3 is 2.62 bits per heavy atom. The van der Waals surface area contributed by atoms with Crippen LogP contribution in [0.4, 0.5) is 11.4 Å². The summed E-state index contributed by atoms with van der Waals surface area (Å²) in [6.07, 6.45) is 4.39. The fourth-order valence-corrected chi connectivity index (χ4v) is 4.69. The summed E-state index contributed by atoms with van der Waals surface area (Å²) in [6, 6.07) is 20.2. The topological polar surface area (TPSA) is 103 Å². The molecular formula is C24H21N3O4S. The second-order valence-corrected chi connectivity index (χ2v) is 8.84. The van der Waals surface area contributed by atoms with E-state index in [4.69, 9.17) is 10.5 Å². The first-order valence-corrected chi connectivity index (χ1v) is 11.2. The van der Waals surface area contributed by atoms with Crippen LogP contribution in [0.3, 0.4) is 0 Å². The zero-order valence-corrected chi connectivity index (χ0v) is 18.0. The lowest BCUT2D eigenvalue weighted by atomic mass is 10.2. The summed E-state index contributed by atoms with van der Waals surface area (Å²) in [7, 11) is -2.27. The quantitative estimate of drug-likeness (QED) is 0.342. The third-order valence-corrected chi connectivity index (χ3v) is 6.61. The van der Waals surface area contributed by atoms with Crippen molar-refractivity contribution in [2.45, 2.75) is 4.90 Å². The summed E-state index contributed by atoms with van der Waals surface area (Å²) in [6.45, 7) is 0. The average Bonchev–Trinajstić information content (AvgIpc) is 3.23. The molecule has 0 saturated heterocycles. The highest BCUT2D eigenvalue weighted by atomic mass is 32.2. The molecule has 1 aromatic heterocycles. The number of aromatic nitrogens is 1. The van der Waals surface area contributed by atoms with Gasteiger partial charge in [0, 0.05) is 17.7 Å². The lowest BCUT2D eigenvalue weighted by Gasteiger charge is -2.09. The molecule has 0 aliphatic heterocycles. The predicted octanol–water partition coefficient (Wildman–Crippen LogP) is 4.12. The molecule has 1 heterocycles. The van der Waals surface area contributed by atoms with Crippen molar-refractivity contribution < 1.29 is 17.9 Å². The van der Waals surface area contributed by atoms with Crippen LogP contribution in [-0.4, -0.2) is 25.4 Å². The average molecular weight is 448 g/mol. The molecule has 0 unspecified atom stereocenters. The molecule has 0 aliphatic rings. The molecule has 0 aliphatic carbocycles. The third kappa shape index (κ3) is 4.21. The molecule has 3 aromatic carbocycles. The van der Waals surface area contributed by atoms with E-state index in [2.05, 4.69) is 5.32 Å². The van der Waals surface area contributed by atoms with Crippen LogP contribution in [-0.2, 0) is 14.8 Å². The van der Waals surface area contributed by atoms with E-state index in [1.165, 1.54) is 28.4 Å². The minimum absolute atomic E-state index is 0.112. The molecule has 162 valence electrons. The number of hydrogen-bond acceptors (Lipinski definition) is 5. The first-order chi connectivity index (χ1) is 15.4. The van der Waals surface area contributed by atoms with Gasteiger partial charge in [0.25, 0.3) is 10.0 Å². The number of nitrogens with two attached hydrogens (primary N) is 1. The van der Waals surface area contributed by atoms with Crippen LogP contribution >= 0.6 is 0 Å². The van der Waals surface area contributed by atoms with Gasteiger partial charge in [-0.3, -0.25) is 4.79 Å². The lowest BCUT2D eigenvalue weighted by Crippen LogP contribution is -2.12. The van der Waals surface area contributed by atoms with Gasteiger partial charge < -0.3 is 15.8 Å². The number of methoxy groups -OCH3 is 1. The minimum Gasteiger partial charge on any atom is -0.497 e. The first kappa shape index (κ1) is 21.2. The second kappa shape index (κ2) is 8.60. The van der Waals surface area contributed by atoms with Crippen molar-refractivity contribution in [1.82, 2.24) is 3.97 Å². The number of rotatable bonds is 6. The summed E-state index contributed by atoms with van der Waals surface area (Å²) in [5, 5.41) is 3.44. The number of anilines is 2. The molecule has 4 rings (SSSR count). The van der Waals surface area contributed by atoms with E-state index in [9.17, 15) is 13.2 Å². The van der Waals surface area contributed by atoms with E-state index in [-0.39, 0.29) is 10.8 Å². The highest BCUT2D eigenvalue weighted by Gasteiger charge is 2.19. The second-order valence-electron chi connectivity index (χ2n) is 7.02. The van der Waals surface area contributed by atoms with Crippen LogP contribution in [0.25, 0.3) is 17.0 Å². The van der Waals surface area contributed by atoms with E-state index in [0.29, 0.717) is 28.2 Å². The van der Waals surface area contributed by atoms with E-state index in [0.717, 1.165) is 5.39 Å². The molecule has 0 radical (unpaired) electrons. The molecule has 0 bridgehead atoms. The van der Waals surface area contributed by atoms with E-state index in [1.807, 2.05) is 0 Å². The number of carbonyl (C=O) groups is 1. The number of para-hydroxylation sites is 2.